The summed E-state index contributed by atoms with van der Waals surface area (Å²) in [6.45, 7) is 4.03. The van der Waals surface area contributed by atoms with Crippen molar-refractivity contribution in [2.75, 3.05) is 46.4 Å². The van der Waals surface area contributed by atoms with Gasteiger partial charge in [0.1, 0.15) is 0 Å². The highest BCUT2D eigenvalue weighted by Crippen LogP contribution is 2.23. The maximum Gasteiger partial charge on any atom is 0.308 e. The van der Waals surface area contributed by atoms with Gasteiger partial charge in [-0.1, -0.05) is 6.42 Å². The Labute approximate surface area is 155 Å². The van der Waals surface area contributed by atoms with Crippen LogP contribution in [-0.4, -0.2) is 84.9 Å². The number of rotatable bonds is 4. The lowest BCUT2D eigenvalue weighted by Crippen LogP contribution is -2.54. The second-order valence-electron chi connectivity index (χ2n) is 7.69. The number of hydrogen-bond donors (Lipinski definition) is 0. The number of piperidine rings is 2. The monoisotopic (exact) mass is 365 g/mol. The van der Waals surface area contributed by atoms with Gasteiger partial charge < -0.3 is 14.5 Å². The van der Waals surface area contributed by atoms with E-state index in [-0.39, 0.29) is 29.7 Å². The molecular weight excluding hydrogens is 334 g/mol. The molecule has 1 atom stereocenters. The summed E-state index contributed by atoms with van der Waals surface area (Å²) in [7, 11) is 1.41. The molecule has 3 heterocycles. The summed E-state index contributed by atoms with van der Waals surface area (Å²) in [5.74, 6) is 0.0155. The van der Waals surface area contributed by atoms with Crippen molar-refractivity contribution in [2.45, 2.75) is 51.0 Å². The van der Waals surface area contributed by atoms with E-state index in [2.05, 4.69) is 4.90 Å². The van der Waals surface area contributed by atoms with Crippen molar-refractivity contribution in [1.82, 2.24) is 14.7 Å². The fraction of sp³-hybridized carbons (Fsp3) is 0.842. The number of ether oxygens (including phenoxy) is 1. The molecule has 0 aliphatic carbocycles. The molecule has 0 spiro atoms. The first-order chi connectivity index (χ1) is 12.6. The quantitative estimate of drug-likeness (QED) is 0.692. The van der Waals surface area contributed by atoms with E-state index in [0.717, 1.165) is 51.7 Å². The zero-order chi connectivity index (χ0) is 18.5. The Hall–Kier alpha value is -1.63. The van der Waals surface area contributed by atoms with E-state index >= 15 is 0 Å². The molecule has 2 amide bonds. The average Bonchev–Trinajstić information content (AvgIpc) is 3.22. The van der Waals surface area contributed by atoms with Crippen LogP contribution in [0.2, 0.25) is 0 Å². The van der Waals surface area contributed by atoms with E-state index in [1.165, 1.54) is 7.11 Å². The maximum absolute atomic E-state index is 12.8. The first kappa shape index (κ1) is 19.1. The van der Waals surface area contributed by atoms with E-state index in [1.54, 1.807) is 0 Å². The van der Waals surface area contributed by atoms with Gasteiger partial charge in [-0.2, -0.15) is 0 Å². The van der Waals surface area contributed by atoms with Crippen LogP contribution in [0.15, 0.2) is 0 Å². The Bertz CT molecular complexity index is 525. The van der Waals surface area contributed by atoms with Gasteiger partial charge in [0.25, 0.3) is 0 Å². The fourth-order valence-corrected chi connectivity index (χ4v) is 4.41. The molecule has 0 bridgehead atoms. The summed E-state index contributed by atoms with van der Waals surface area (Å²) >= 11 is 0. The second-order valence-corrected chi connectivity index (χ2v) is 7.69. The van der Waals surface area contributed by atoms with Crippen molar-refractivity contribution in [1.29, 1.82) is 0 Å². The number of methoxy groups -OCH3 is 1. The molecule has 7 nitrogen and oxygen atoms in total. The third kappa shape index (κ3) is 4.37. The molecule has 0 aromatic heterocycles. The van der Waals surface area contributed by atoms with Gasteiger partial charge in [-0.3, -0.25) is 19.3 Å². The summed E-state index contributed by atoms with van der Waals surface area (Å²) in [5, 5.41) is 0. The van der Waals surface area contributed by atoms with Crippen LogP contribution in [0.25, 0.3) is 0 Å². The number of amides is 2. The third-order valence-corrected chi connectivity index (χ3v) is 6.04. The van der Waals surface area contributed by atoms with E-state index in [4.69, 9.17) is 4.74 Å². The topological polar surface area (TPSA) is 70.2 Å². The highest BCUT2D eigenvalue weighted by atomic mass is 16.5. The SMILES string of the molecule is COC(=O)C1CCN(C(=O)CN2CCCCC2C(=O)N2CCCC2)CC1. The van der Waals surface area contributed by atoms with Gasteiger partial charge >= 0.3 is 5.97 Å². The number of carbonyl (C=O) groups excluding carboxylic acids is 3. The van der Waals surface area contributed by atoms with Crippen molar-refractivity contribution in [3.63, 3.8) is 0 Å². The van der Waals surface area contributed by atoms with Crippen LogP contribution in [0.1, 0.15) is 44.9 Å². The lowest BCUT2D eigenvalue weighted by atomic mass is 9.96. The largest absolute Gasteiger partial charge is 0.469 e. The zero-order valence-corrected chi connectivity index (χ0v) is 15.8. The molecule has 0 aromatic rings. The molecule has 3 aliphatic heterocycles. The molecule has 3 rings (SSSR count). The van der Waals surface area contributed by atoms with Gasteiger partial charge in [0.15, 0.2) is 0 Å². The van der Waals surface area contributed by atoms with Crippen molar-refractivity contribution in [3.8, 4) is 0 Å². The minimum absolute atomic E-state index is 0.0782. The standard InChI is InChI=1S/C19H31N3O4/c1-26-19(25)15-7-12-20(13-8-15)17(23)14-22-11-3-2-6-16(22)18(24)21-9-4-5-10-21/h15-16H,2-14H2,1H3. The molecule has 7 heteroatoms. The second kappa shape index (κ2) is 8.84. The Morgan fingerprint density at radius 3 is 2.15 bits per heavy atom. The van der Waals surface area contributed by atoms with Crippen LogP contribution in [0.3, 0.4) is 0 Å². The first-order valence-electron chi connectivity index (χ1n) is 9.98. The van der Waals surface area contributed by atoms with E-state index < -0.39 is 0 Å². The van der Waals surface area contributed by atoms with Crippen molar-refractivity contribution >= 4 is 17.8 Å². The summed E-state index contributed by atoms with van der Waals surface area (Å²) in [6, 6.07) is -0.140. The molecule has 0 saturated carbocycles. The van der Waals surface area contributed by atoms with Crippen LogP contribution in [0.4, 0.5) is 0 Å². The number of carbonyl (C=O) groups is 3. The Morgan fingerprint density at radius 1 is 0.846 bits per heavy atom. The Kier molecular flexibility index (Phi) is 6.51. The lowest BCUT2D eigenvalue weighted by molar-refractivity contribution is -0.149. The first-order valence-corrected chi connectivity index (χ1v) is 9.98. The molecule has 0 N–H and O–H groups in total. The van der Waals surface area contributed by atoms with Gasteiger partial charge in [0, 0.05) is 26.2 Å². The van der Waals surface area contributed by atoms with Crippen molar-refractivity contribution < 1.29 is 19.1 Å². The average molecular weight is 365 g/mol. The molecule has 0 radical (unpaired) electrons. The van der Waals surface area contributed by atoms with Gasteiger partial charge in [0.05, 0.1) is 25.6 Å². The number of hydrogen-bond acceptors (Lipinski definition) is 5. The number of likely N-dealkylation sites (tertiary alicyclic amines) is 3. The van der Waals surface area contributed by atoms with Crippen LogP contribution >= 0.6 is 0 Å². The predicted molar refractivity (Wildman–Crippen MR) is 96.3 cm³/mol. The minimum Gasteiger partial charge on any atom is -0.469 e. The van der Waals surface area contributed by atoms with Gasteiger partial charge in [0.2, 0.25) is 11.8 Å². The van der Waals surface area contributed by atoms with Crippen LogP contribution < -0.4 is 0 Å². The summed E-state index contributed by atoms with van der Waals surface area (Å²) in [6.07, 6.45) is 6.45. The minimum atomic E-state index is -0.176. The Balaban J connectivity index is 1.53. The van der Waals surface area contributed by atoms with Gasteiger partial charge in [-0.05, 0) is 45.1 Å². The zero-order valence-electron chi connectivity index (χ0n) is 15.8. The fourth-order valence-electron chi connectivity index (χ4n) is 4.41. The molecule has 146 valence electrons. The predicted octanol–water partition coefficient (Wildman–Crippen LogP) is 0.875. The van der Waals surface area contributed by atoms with E-state index in [1.807, 2.05) is 9.80 Å². The van der Waals surface area contributed by atoms with E-state index in [9.17, 15) is 14.4 Å². The highest BCUT2D eigenvalue weighted by molar-refractivity contribution is 5.84. The van der Waals surface area contributed by atoms with Crippen molar-refractivity contribution in [2.24, 2.45) is 5.92 Å². The highest BCUT2D eigenvalue weighted by Gasteiger charge is 2.35. The summed E-state index contributed by atoms with van der Waals surface area (Å²) in [4.78, 5) is 43.1. The van der Waals surface area contributed by atoms with Gasteiger partial charge in [-0.15, -0.1) is 0 Å². The van der Waals surface area contributed by atoms with E-state index in [0.29, 0.717) is 32.5 Å². The molecule has 3 fully saturated rings. The molecule has 1 unspecified atom stereocenters. The maximum atomic E-state index is 12.8. The van der Waals surface area contributed by atoms with Gasteiger partial charge in [-0.25, -0.2) is 0 Å². The summed E-state index contributed by atoms with van der Waals surface area (Å²) < 4.78 is 4.80. The number of esters is 1. The molecule has 26 heavy (non-hydrogen) atoms. The van der Waals surface area contributed by atoms with Crippen LogP contribution in [0.5, 0.6) is 0 Å². The number of nitrogens with zero attached hydrogens (tertiary/aromatic N) is 3. The van der Waals surface area contributed by atoms with Crippen molar-refractivity contribution in [3.05, 3.63) is 0 Å². The van der Waals surface area contributed by atoms with Crippen LogP contribution in [-0.2, 0) is 19.1 Å². The lowest BCUT2D eigenvalue weighted by Gasteiger charge is -2.38. The molecule has 3 saturated heterocycles. The van der Waals surface area contributed by atoms with Crippen LogP contribution in [0, 0.1) is 5.92 Å². The summed E-state index contributed by atoms with van der Waals surface area (Å²) in [5.41, 5.74) is 0. The molecule has 3 aliphatic rings. The third-order valence-electron chi connectivity index (χ3n) is 6.04. The smallest absolute Gasteiger partial charge is 0.308 e. The normalized spacial score (nSPS) is 25.3. The molecule has 0 aromatic carbocycles. The Morgan fingerprint density at radius 2 is 1.50 bits per heavy atom. The molecular formula is C19H31N3O4.